The van der Waals surface area contributed by atoms with Gasteiger partial charge in [0.05, 0.1) is 25.7 Å². The lowest BCUT2D eigenvalue weighted by Gasteiger charge is -2.25. The topological polar surface area (TPSA) is 70.6 Å². The summed E-state index contributed by atoms with van der Waals surface area (Å²) in [7, 11) is 1.64. The van der Waals surface area contributed by atoms with Gasteiger partial charge in [-0.25, -0.2) is 0 Å². The van der Waals surface area contributed by atoms with Crippen molar-refractivity contribution < 1.29 is 14.6 Å². The lowest BCUT2D eigenvalue weighted by atomic mass is 9.99. The van der Waals surface area contributed by atoms with Gasteiger partial charge in [-0.1, -0.05) is 80.6 Å². The minimum atomic E-state index is -0.738. The fourth-order valence-corrected chi connectivity index (χ4v) is 3.90. The average Bonchev–Trinajstić information content (AvgIpc) is 2.84. The van der Waals surface area contributed by atoms with Crippen molar-refractivity contribution in [2.75, 3.05) is 13.7 Å². The number of aliphatic hydroxyl groups is 1. The highest BCUT2D eigenvalue weighted by Crippen LogP contribution is 2.15. The first kappa shape index (κ1) is 25.5. The molecule has 5 nitrogen and oxygen atoms in total. The lowest BCUT2D eigenvalue weighted by Crippen LogP contribution is -2.49. The van der Waals surface area contributed by atoms with Crippen LogP contribution in [0.15, 0.2) is 78.9 Å². The molecule has 0 bridgehead atoms. The Bertz CT molecular complexity index is 1020. The fraction of sp³-hybridized carbons (Fsp3) is 0.345. The van der Waals surface area contributed by atoms with E-state index >= 15 is 0 Å². The molecule has 0 aromatic heterocycles. The van der Waals surface area contributed by atoms with Crippen LogP contribution in [0.3, 0.4) is 0 Å². The molecular weight excluding hydrogens is 424 g/mol. The van der Waals surface area contributed by atoms with Gasteiger partial charge in [0.25, 0.3) is 0 Å². The Morgan fingerprint density at radius 2 is 1.62 bits per heavy atom. The second-order valence-corrected chi connectivity index (χ2v) is 8.99. The van der Waals surface area contributed by atoms with Gasteiger partial charge in [0, 0.05) is 13.1 Å². The van der Waals surface area contributed by atoms with E-state index in [1.807, 2.05) is 66.7 Å². The maximum Gasteiger partial charge on any atom is 0.224 e. The van der Waals surface area contributed by atoms with Crippen LogP contribution in [0.5, 0.6) is 5.75 Å². The highest BCUT2D eigenvalue weighted by Gasteiger charge is 2.22. The van der Waals surface area contributed by atoms with Crippen LogP contribution in [0.1, 0.15) is 42.0 Å². The molecule has 0 heterocycles. The van der Waals surface area contributed by atoms with E-state index in [2.05, 4.69) is 36.6 Å². The SMILES string of the molecule is COc1cccc(CNCC(O)C(Cc2ccccc2)NC(=O)Cc2ccc(C(C)C)cc2)c1. The zero-order chi connectivity index (χ0) is 24.3. The standard InChI is InChI=1S/C29H36N2O3/c1-21(2)25-14-12-23(13-15-25)18-29(33)31-27(17-22-8-5-4-6-9-22)28(32)20-30-19-24-10-7-11-26(16-24)34-3/h4-16,21,27-28,30,32H,17-20H2,1-3H3,(H,31,33). The number of carbonyl (C=O) groups excluding carboxylic acids is 1. The molecule has 3 rings (SSSR count). The fourth-order valence-electron chi connectivity index (χ4n) is 3.90. The summed E-state index contributed by atoms with van der Waals surface area (Å²) in [5.74, 6) is 1.17. The Balaban J connectivity index is 1.60. The Hall–Kier alpha value is -3.15. The molecule has 34 heavy (non-hydrogen) atoms. The minimum Gasteiger partial charge on any atom is -0.497 e. The van der Waals surface area contributed by atoms with Crippen molar-refractivity contribution in [2.45, 2.75) is 51.3 Å². The number of carbonyl (C=O) groups is 1. The molecule has 1 amide bonds. The van der Waals surface area contributed by atoms with E-state index in [1.54, 1.807) is 7.11 Å². The van der Waals surface area contributed by atoms with Crippen molar-refractivity contribution >= 4 is 5.91 Å². The van der Waals surface area contributed by atoms with Crippen molar-refractivity contribution in [2.24, 2.45) is 0 Å². The van der Waals surface area contributed by atoms with Gasteiger partial charge < -0.3 is 20.5 Å². The smallest absolute Gasteiger partial charge is 0.224 e. The predicted molar refractivity (Wildman–Crippen MR) is 137 cm³/mol. The van der Waals surface area contributed by atoms with Crippen LogP contribution in [-0.4, -0.2) is 36.8 Å². The molecule has 2 atom stereocenters. The molecule has 0 fully saturated rings. The van der Waals surface area contributed by atoms with Gasteiger partial charge in [-0.2, -0.15) is 0 Å². The first-order valence-electron chi connectivity index (χ1n) is 11.9. The number of nitrogens with one attached hydrogen (secondary N) is 2. The van der Waals surface area contributed by atoms with Gasteiger partial charge in [-0.15, -0.1) is 0 Å². The van der Waals surface area contributed by atoms with Crippen LogP contribution in [0.2, 0.25) is 0 Å². The zero-order valence-electron chi connectivity index (χ0n) is 20.3. The Labute approximate surface area is 203 Å². The van der Waals surface area contributed by atoms with E-state index in [-0.39, 0.29) is 12.3 Å². The van der Waals surface area contributed by atoms with Crippen LogP contribution in [0, 0.1) is 0 Å². The number of rotatable bonds is 12. The molecular formula is C29H36N2O3. The Morgan fingerprint density at radius 3 is 2.29 bits per heavy atom. The first-order valence-corrected chi connectivity index (χ1v) is 11.9. The summed E-state index contributed by atoms with van der Waals surface area (Å²) in [6.07, 6.45) is 0.104. The van der Waals surface area contributed by atoms with Gasteiger partial charge >= 0.3 is 0 Å². The average molecular weight is 461 g/mol. The number of benzene rings is 3. The second-order valence-electron chi connectivity index (χ2n) is 8.99. The summed E-state index contributed by atoms with van der Waals surface area (Å²) in [6, 6.07) is 25.5. The van der Waals surface area contributed by atoms with Crippen molar-refractivity contribution in [1.82, 2.24) is 10.6 Å². The largest absolute Gasteiger partial charge is 0.497 e. The second kappa shape index (κ2) is 12.9. The Kier molecular flexibility index (Phi) is 9.68. The number of methoxy groups -OCH3 is 1. The third-order valence-corrected chi connectivity index (χ3v) is 5.94. The van der Waals surface area contributed by atoms with E-state index in [4.69, 9.17) is 4.74 Å². The number of ether oxygens (including phenoxy) is 1. The van der Waals surface area contributed by atoms with Crippen LogP contribution < -0.4 is 15.4 Å². The summed E-state index contributed by atoms with van der Waals surface area (Å²) in [6.45, 7) is 5.26. The van der Waals surface area contributed by atoms with Crippen LogP contribution >= 0.6 is 0 Å². The maximum atomic E-state index is 12.8. The Morgan fingerprint density at radius 1 is 0.912 bits per heavy atom. The maximum absolute atomic E-state index is 12.8. The number of amides is 1. The van der Waals surface area contributed by atoms with Gasteiger partial charge in [0.2, 0.25) is 5.91 Å². The first-order chi connectivity index (χ1) is 16.4. The van der Waals surface area contributed by atoms with E-state index < -0.39 is 12.1 Å². The summed E-state index contributed by atoms with van der Waals surface area (Å²) in [4.78, 5) is 12.8. The van der Waals surface area contributed by atoms with Crippen LogP contribution in [-0.2, 0) is 24.2 Å². The normalized spacial score (nSPS) is 12.9. The highest BCUT2D eigenvalue weighted by atomic mass is 16.5. The van der Waals surface area contributed by atoms with Crippen LogP contribution in [0.4, 0.5) is 0 Å². The number of aliphatic hydroxyl groups excluding tert-OH is 1. The molecule has 3 aromatic carbocycles. The van der Waals surface area contributed by atoms with Crippen molar-refractivity contribution in [3.63, 3.8) is 0 Å². The summed E-state index contributed by atoms with van der Waals surface area (Å²) in [5, 5.41) is 17.3. The molecule has 0 saturated carbocycles. The van der Waals surface area contributed by atoms with Gasteiger partial charge in [0.1, 0.15) is 5.75 Å². The monoisotopic (exact) mass is 460 g/mol. The molecule has 0 aliphatic heterocycles. The van der Waals surface area contributed by atoms with E-state index in [0.29, 0.717) is 25.4 Å². The third kappa shape index (κ3) is 8.01. The minimum absolute atomic E-state index is 0.0925. The molecule has 3 aromatic rings. The number of hydrogen-bond donors (Lipinski definition) is 3. The lowest BCUT2D eigenvalue weighted by molar-refractivity contribution is -0.122. The van der Waals surface area contributed by atoms with Crippen molar-refractivity contribution in [3.05, 3.63) is 101 Å². The summed E-state index contributed by atoms with van der Waals surface area (Å²) in [5.41, 5.74) is 4.36. The molecule has 0 saturated heterocycles. The van der Waals surface area contributed by atoms with Gasteiger partial charge in [-0.05, 0) is 46.7 Å². The molecule has 180 valence electrons. The van der Waals surface area contributed by atoms with Crippen molar-refractivity contribution in [1.29, 1.82) is 0 Å². The highest BCUT2D eigenvalue weighted by molar-refractivity contribution is 5.79. The molecule has 3 N–H and O–H groups in total. The summed E-state index contributed by atoms with van der Waals surface area (Å²) < 4.78 is 5.27. The van der Waals surface area contributed by atoms with Gasteiger partial charge in [0.15, 0.2) is 0 Å². The van der Waals surface area contributed by atoms with E-state index in [9.17, 15) is 9.90 Å². The third-order valence-electron chi connectivity index (χ3n) is 5.94. The zero-order valence-corrected chi connectivity index (χ0v) is 20.3. The van der Waals surface area contributed by atoms with Crippen LogP contribution in [0.25, 0.3) is 0 Å². The van der Waals surface area contributed by atoms with E-state index in [0.717, 1.165) is 22.4 Å². The molecule has 0 radical (unpaired) electrons. The quantitative estimate of drug-likeness (QED) is 0.378. The van der Waals surface area contributed by atoms with Crippen molar-refractivity contribution in [3.8, 4) is 5.75 Å². The molecule has 0 spiro atoms. The molecule has 2 unspecified atom stereocenters. The molecule has 0 aliphatic carbocycles. The molecule has 5 heteroatoms. The van der Waals surface area contributed by atoms with Gasteiger partial charge in [-0.3, -0.25) is 4.79 Å². The number of hydrogen-bond acceptors (Lipinski definition) is 4. The summed E-state index contributed by atoms with van der Waals surface area (Å²) >= 11 is 0. The predicted octanol–water partition coefficient (Wildman–Crippen LogP) is 4.24. The molecule has 0 aliphatic rings. The van der Waals surface area contributed by atoms with E-state index in [1.165, 1.54) is 5.56 Å².